The number of nitrogens with one attached hydrogen (secondary N) is 2. The molecule has 1 aliphatic heterocycles. The first kappa shape index (κ1) is 20.1. The minimum absolute atomic E-state index is 0. The number of methoxy groups -OCH3 is 1. The minimum atomic E-state index is -3.37. The third kappa shape index (κ3) is 5.46. The van der Waals surface area contributed by atoms with Crippen molar-refractivity contribution in [3.63, 3.8) is 0 Å². The SMILES string of the molecule is CCN(CC)S(=O)(=O)NCC1(COC)CCNCC1.Cl. The van der Waals surface area contributed by atoms with Crippen molar-refractivity contribution in [3.05, 3.63) is 0 Å². The lowest BCUT2D eigenvalue weighted by Gasteiger charge is -2.37. The topological polar surface area (TPSA) is 70.7 Å². The Morgan fingerprint density at radius 2 is 1.80 bits per heavy atom. The van der Waals surface area contributed by atoms with Gasteiger partial charge >= 0.3 is 0 Å². The van der Waals surface area contributed by atoms with E-state index < -0.39 is 10.2 Å². The molecule has 0 aromatic heterocycles. The molecule has 0 aromatic carbocycles. The Kier molecular flexibility index (Phi) is 9.21. The lowest BCUT2D eigenvalue weighted by atomic mass is 9.80. The van der Waals surface area contributed by atoms with Crippen LogP contribution in [0.2, 0.25) is 0 Å². The molecule has 0 bridgehead atoms. The molecule has 20 heavy (non-hydrogen) atoms. The van der Waals surface area contributed by atoms with E-state index in [2.05, 4.69) is 10.0 Å². The molecule has 6 nitrogen and oxygen atoms in total. The van der Waals surface area contributed by atoms with Crippen LogP contribution in [-0.2, 0) is 14.9 Å². The Morgan fingerprint density at radius 1 is 1.25 bits per heavy atom. The highest BCUT2D eigenvalue weighted by molar-refractivity contribution is 7.87. The molecule has 0 aliphatic carbocycles. The summed E-state index contributed by atoms with van der Waals surface area (Å²) >= 11 is 0. The lowest BCUT2D eigenvalue weighted by molar-refractivity contribution is 0.0574. The highest BCUT2D eigenvalue weighted by Crippen LogP contribution is 2.28. The number of halogens is 1. The predicted molar refractivity (Wildman–Crippen MR) is 83.5 cm³/mol. The number of ether oxygens (including phenoxy) is 1. The average Bonchev–Trinajstić information content (AvgIpc) is 2.39. The van der Waals surface area contributed by atoms with Gasteiger partial charge in [-0.3, -0.25) is 0 Å². The second-order valence-electron chi connectivity index (χ2n) is 5.09. The van der Waals surface area contributed by atoms with Crippen molar-refractivity contribution in [1.29, 1.82) is 0 Å². The molecule has 0 spiro atoms. The monoisotopic (exact) mass is 329 g/mol. The molecule has 8 heteroatoms. The Morgan fingerprint density at radius 3 is 2.25 bits per heavy atom. The summed E-state index contributed by atoms with van der Waals surface area (Å²) < 4.78 is 33.8. The number of piperidine rings is 1. The molecule has 0 unspecified atom stereocenters. The van der Waals surface area contributed by atoms with Crippen LogP contribution in [0.4, 0.5) is 0 Å². The number of hydrogen-bond donors (Lipinski definition) is 2. The summed E-state index contributed by atoms with van der Waals surface area (Å²) in [6.45, 7) is 7.54. The molecule has 0 radical (unpaired) electrons. The van der Waals surface area contributed by atoms with Gasteiger partial charge in [0.1, 0.15) is 0 Å². The van der Waals surface area contributed by atoms with Crippen LogP contribution in [0.5, 0.6) is 0 Å². The van der Waals surface area contributed by atoms with E-state index in [1.165, 1.54) is 4.31 Å². The summed E-state index contributed by atoms with van der Waals surface area (Å²) in [7, 11) is -1.70. The van der Waals surface area contributed by atoms with Crippen LogP contribution >= 0.6 is 12.4 Å². The first-order valence-corrected chi connectivity index (χ1v) is 8.38. The fourth-order valence-corrected chi connectivity index (χ4v) is 3.89. The highest BCUT2D eigenvalue weighted by Gasteiger charge is 2.34. The van der Waals surface area contributed by atoms with Crippen LogP contribution in [0, 0.1) is 5.41 Å². The summed E-state index contributed by atoms with van der Waals surface area (Å²) in [5, 5.41) is 3.30. The zero-order chi connectivity index (χ0) is 14.4. The predicted octanol–water partition coefficient (Wildman–Crippen LogP) is 0.601. The molecule has 122 valence electrons. The Balaban J connectivity index is 0.00000361. The lowest BCUT2D eigenvalue weighted by Crippen LogP contribution is -2.50. The standard InChI is InChI=1S/C12H27N3O3S.ClH/c1-4-15(5-2)19(16,17)14-10-12(11-18-3)6-8-13-9-7-12;/h13-14H,4-11H2,1-3H3;1H. The van der Waals surface area contributed by atoms with Gasteiger partial charge in [0.15, 0.2) is 0 Å². The molecule has 0 aromatic rings. The molecule has 1 rings (SSSR count). The first-order valence-electron chi connectivity index (χ1n) is 6.94. The molecule has 1 saturated heterocycles. The van der Waals surface area contributed by atoms with E-state index in [1.807, 2.05) is 13.8 Å². The van der Waals surface area contributed by atoms with Gasteiger partial charge in [-0.25, -0.2) is 4.72 Å². The van der Waals surface area contributed by atoms with E-state index in [9.17, 15) is 8.42 Å². The summed E-state index contributed by atoms with van der Waals surface area (Å²) in [5.74, 6) is 0. The Labute approximate surface area is 129 Å². The van der Waals surface area contributed by atoms with Gasteiger partial charge < -0.3 is 10.1 Å². The molecular formula is C12H28ClN3O3S. The molecule has 1 aliphatic rings. The van der Waals surface area contributed by atoms with Crippen LogP contribution in [0.15, 0.2) is 0 Å². The van der Waals surface area contributed by atoms with Gasteiger partial charge in [-0.2, -0.15) is 12.7 Å². The molecule has 2 N–H and O–H groups in total. The van der Waals surface area contributed by atoms with Crippen molar-refractivity contribution in [1.82, 2.24) is 14.3 Å². The fourth-order valence-electron chi connectivity index (χ4n) is 2.53. The van der Waals surface area contributed by atoms with Gasteiger partial charge in [-0.15, -0.1) is 12.4 Å². The van der Waals surface area contributed by atoms with E-state index in [0.29, 0.717) is 26.2 Å². The average molecular weight is 330 g/mol. The number of nitrogens with zero attached hydrogens (tertiary/aromatic N) is 1. The van der Waals surface area contributed by atoms with Crippen LogP contribution in [0.25, 0.3) is 0 Å². The van der Waals surface area contributed by atoms with Gasteiger partial charge in [0.2, 0.25) is 0 Å². The zero-order valence-electron chi connectivity index (χ0n) is 12.6. The van der Waals surface area contributed by atoms with Crippen LogP contribution in [-0.4, -0.2) is 59.2 Å². The normalized spacial score (nSPS) is 18.8. The summed E-state index contributed by atoms with van der Waals surface area (Å²) in [4.78, 5) is 0. The van der Waals surface area contributed by atoms with Crippen molar-refractivity contribution in [2.75, 3.05) is 46.4 Å². The van der Waals surface area contributed by atoms with E-state index in [-0.39, 0.29) is 17.8 Å². The zero-order valence-corrected chi connectivity index (χ0v) is 14.3. The largest absolute Gasteiger partial charge is 0.384 e. The third-order valence-corrected chi connectivity index (χ3v) is 5.50. The van der Waals surface area contributed by atoms with Gasteiger partial charge in [0.05, 0.1) is 6.61 Å². The third-order valence-electron chi connectivity index (χ3n) is 3.79. The van der Waals surface area contributed by atoms with Crippen LogP contribution < -0.4 is 10.0 Å². The highest BCUT2D eigenvalue weighted by atomic mass is 35.5. The summed E-state index contributed by atoms with van der Waals surface area (Å²) in [6, 6.07) is 0. The maximum absolute atomic E-state index is 12.1. The number of rotatable bonds is 8. The molecule has 0 amide bonds. The van der Waals surface area contributed by atoms with Crippen LogP contribution in [0.1, 0.15) is 26.7 Å². The van der Waals surface area contributed by atoms with E-state index >= 15 is 0 Å². The van der Waals surface area contributed by atoms with E-state index in [4.69, 9.17) is 4.74 Å². The maximum Gasteiger partial charge on any atom is 0.279 e. The second kappa shape index (κ2) is 9.17. The van der Waals surface area contributed by atoms with Crippen molar-refractivity contribution in [2.45, 2.75) is 26.7 Å². The summed E-state index contributed by atoms with van der Waals surface area (Å²) in [6.07, 6.45) is 1.86. The van der Waals surface area contributed by atoms with Crippen LogP contribution in [0.3, 0.4) is 0 Å². The van der Waals surface area contributed by atoms with Gasteiger partial charge in [-0.1, -0.05) is 13.8 Å². The summed E-state index contributed by atoms with van der Waals surface area (Å²) in [5.41, 5.74) is -0.0831. The maximum atomic E-state index is 12.1. The minimum Gasteiger partial charge on any atom is -0.384 e. The smallest absolute Gasteiger partial charge is 0.279 e. The van der Waals surface area contributed by atoms with Gasteiger partial charge in [-0.05, 0) is 25.9 Å². The molecular weight excluding hydrogens is 302 g/mol. The van der Waals surface area contributed by atoms with Gasteiger partial charge in [0, 0.05) is 32.2 Å². The molecule has 1 fully saturated rings. The second-order valence-corrected chi connectivity index (χ2v) is 6.85. The molecule has 0 atom stereocenters. The first-order chi connectivity index (χ1) is 8.99. The van der Waals surface area contributed by atoms with E-state index in [1.54, 1.807) is 7.11 Å². The molecule has 1 heterocycles. The Bertz CT molecular complexity index is 349. The Hall–Kier alpha value is 0.0800. The van der Waals surface area contributed by atoms with Crippen molar-refractivity contribution in [2.24, 2.45) is 5.41 Å². The van der Waals surface area contributed by atoms with Crippen molar-refractivity contribution < 1.29 is 13.2 Å². The van der Waals surface area contributed by atoms with Crippen molar-refractivity contribution in [3.8, 4) is 0 Å². The van der Waals surface area contributed by atoms with Crippen molar-refractivity contribution >= 4 is 22.6 Å². The van der Waals surface area contributed by atoms with E-state index in [0.717, 1.165) is 25.9 Å². The number of hydrogen-bond acceptors (Lipinski definition) is 4. The van der Waals surface area contributed by atoms with Gasteiger partial charge in [0.25, 0.3) is 10.2 Å². The molecule has 0 saturated carbocycles. The quantitative estimate of drug-likeness (QED) is 0.684. The fraction of sp³-hybridized carbons (Fsp3) is 1.00.